The summed E-state index contributed by atoms with van der Waals surface area (Å²) in [7, 11) is 0. The van der Waals surface area contributed by atoms with Crippen LogP contribution in [0.25, 0.3) is 10.9 Å². The Hall–Kier alpha value is -2.24. The predicted octanol–water partition coefficient (Wildman–Crippen LogP) is 1.64. The highest BCUT2D eigenvalue weighted by Gasteiger charge is 2.16. The molecule has 0 atom stereocenters. The van der Waals surface area contributed by atoms with Crippen molar-refractivity contribution in [3.63, 3.8) is 0 Å². The summed E-state index contributed by atoms with van der Waals surface area (Å²) in [4.78, 5) is 22.8. The number of aromatic nitrogens is 2. The van der Waals surface area contributed by atoms with Crippen LogP contribution in [-0.2, 0) is 6.54 Å². The Morgan fingerprint density at radius 1 is 1.50 bits per heavy atom. The van der Waals surface area contributed by atoms with Crippen LogP contribution >= 0.6 is 0 Å². The van der Waals surface area contributed by atoms with Crippen LogP contribution in [0.15, 0.2) is 23.0 Å². The van der Waals surface area contributed by atoms with E-state index < -0.39 is 22.9 Å². The number of hydrogen-bond acceptors (Lipinski definition) is 3. The molecule has 0 saturated carbocycles. The van der Waals surface area contributed by atoms with Crippen LogP contribution in [-0.4, -0.2) is 20.9 Å². The number of carboxylic acid groups (broad SMARTS) is 1. The summed E-state index contributed by atoms with van der Waals surface area (Å²) in [5.74, 6) is -1.87. The van der Waals surface area contributed by atoms with E-state index >= 15 is 0 Å². The second-order valence-corrected chi connectivity index (χ2v) is 3.87. The van der Waals surface area contributed by atoms with Crippen LogP contribution in [0, 0.1) is 5.82 Å². The van der Waals surface area contributed by atoms with Gasteiger partial charge in [-0.3, -0.25) is 9.48 Å². The second kappa shape index (κ2) is 4.56. The van der Waals surface area contributed by atoms with Crippen LogP contribution in [0.5, 0.6) is 0 Å². The van der Waals surface area contributed by atoms with Gasteiger partial charge in [0, 0.05) is 6.54 Å². The third-order valence-corrected chi connectivity index (χ3v) is 2.56. The fourth-order valence-corrected chi connectivity index (χ4v) is 1.78. The molecule has 0 spiro atoms. The van der Waals surface area contributed by atoms with E-state index in [1.54, 1.807) is 0 Å². The molecular weight excluding hydrogens is 239 g/mol. The Balaban J connectivity index is 2.87. The molecule has 0 aliphatic rings. The van der Waals surface area contributed by atoms with Crippen molar-refractivity contribution in [3.8, 4) is 0 Å². The first-order valence-electron chi connectivity index (χ1n) is 5.48. The number of benzene rings is 1. The van der Waals surface area contributed by atoms with Crippen molar-refractivity contribution in [2.45, 2.75) is 19.9 Å². The maximum Gasteiger partial charge on any atom is 0.360 e. The quantitative estimate of drug-likeness (QED) is 0.898. The molecule has 0 saturated heterocycles. The van der Waals surface area contributed by atoms with Crippen molar-refractivity contribution in [3.05, 3.63) is 39.9 Å². The van der Waals surface area contributed by atoms with E-state index in [1.807, 2.05) is 6.92 Å². The maximum atomic E-state index is 13.2. The maximum absolute atomic E-state index is 13.2. The van der Waals surface area contributed by atoms with E-state index in [9.17, 15) is 14.0 Å². The van der Waals surface area contributed by atoms with Crippen molar-refractivity contribution in [1.82, 2.24) is 9.78 Å². The Morgan fingerprint density at radius 3 is 2.83 bits per heavy atom. The van der Waals surface area contributed by atoms with Gasteiger partial charge in [-0.05, 0) is 24.6 Å². The van der Waals surface area contributed by atoms with Gasteiger partial charge in [-0.2, -0.15) is 5.10 Å². The average molecular weight is 250 g/mol. The SMILES string of the molecule is CCCn1nc(C(=O)O)c(=O)c2ccc(F)cc21. The molecule has 1 aromatic carbocycles. The van der Waals surface area contributed by atoms with Gasteiger partial charge < -0.3 is 5.11 Å². The van der Waals surface area contributed by atoms with E-state index in [1.165, 1.54) is 16.8 Å². The topological polar surface area (TPSA) is 72.2 Å². The predicted molar refractivity (Wildman–Crippen MR) is 63.2 cm³/mol. The second-order valence-electron chi connectivity index (χ2n) is 3.87. The van der Waals surface area contributed by atoms with Crippen LogP contribution in [0.3, 0.4) is 0 Å². The standard InChI is InChI=1S/C12H11FN2O3/c1-2-5-15-9-6-7(13)3-4-8(9)11(16)10(14-15)12(17)18/h3-4,6H,2,5H2,1H3,(H,17,18). The molecule has 6 heteroatoms. The summed E-state index contributed by atoms with van der Waals surface area (Å²) in [5, 5.41) is 12.9. The minimum Gasteiger partial charge on any atom is -0.476 e. The average Bonchev–Trinajstić information content (AvgIpc) is 2.32. The van der Waals surface area contributed by atoms with E-state index in [0.29, 0.717) is 18.5 Å². The molecule has 18 heavy (non-hydrogen) atoms. The number of nitrogens with zero attached hydrogens (tertiary/aromatic N) is 2. The molecule has 5 nitrogen and oxygen atoms in total. The lowest BCUT2D eigenvalue weighted by Crippen LogP contribution is -2.23. The number of aromatic carboxylic acids is 1. The summed E-state index contributed by atoms with van der Waals surface area (Å²) in [5.41, 5.74) is -0.917. The Kier molecular flexibility index (Phi) is 3.10. The van der Waals surface area contributed by atoms with Gasteiger partial charge >= 0.3 is 5.97 Å². The molecule has 2 rings (SSSR count). The first-order valence-corrected chi connectivity index (χ1v) is 5.48. The zero-order chi connectivity index (χ0) is 13.3. The first kappa shape index (κ1) is 12.2. The number of fused-ring (bicyclic) bond motifs is 1. The number of carbonyl (C=O) groups is 1. The summed E-state index contributed by atoms with van der Waals surface area (Å²) in [6, 6.07) is 3.60. The molecule has 0 aliphatic heterocycles. The largest absolute Gasteiger partial charge is 0.476 e. The lowest BCUT2D eigenvalue weighted by molar-refractivity contribution is 0.0686. The van der Waals surface area contributed by atoms with Gasteiger partial charge in [-0.15, -0.1) is 0 Å². The highest BCUT2D eigenvalue weighted by atomic mass is 19.1. The van der Waals surface area contributed by atoms with E-state index in [2.05, 4.69) is 5.10 Å². The van der Waals surface area contributed by atoms with E-state index in [-0.39, 0.29) is 5.39 Å². The molecule has 0 unspecified atom stereocenters. The van der Waals surface area contributed by atoms with Crippen LogP contribution < -0.4 is 5.43 Å². The molecule has 0 aliphatic carbocycles. The number of aryl methyl sites for hydroxylation is 1. The van der Waals surface area contributed by atoms with Crippen molar-refractivity contribution >= 4 is 16.9 Å². The molecule has 0 radical (unpaired) electrons. The van der Waals surface area contributed by atoms with Crippen LogP contribution in [0.1, 0.15) is 23.8 Å². The third kappa shape index (κ3) is 1.97. The number of carboxylic acids is 1. The van der Waals surface area contributed by atoms with Crippen LogP contribution in [0.4, 0.5) is 4.39 Å². The lowest BCUT2D eigenvalue weighted by atomic mass is 10.2. The zero-order valence-electron chi connectivity index (χ0n) is 9.68. The molecule has 0 bridgehead atoms. The minimum atomic E-state index is -1.38. The van der Waals surface area contributed by atoms with Crippen molar-refractivity contribution in [2.24, 2.45) is 0 Å². The smallest absolute Gasteiger partial charge is 0.360 e. The molecule has 94 valence electrons. The van der Waals surface area contributed by atoms with E-state index in [0.717, 1.165) is 6.07 Å². The Labute approximate surface area is 101 Å². The van der Waals surface area contributed by atoms with Crippen LogP contribution in [0.2, 0.25) is 0 Å². The Bertz CT molecular complexity index is 679. The first-order chi connectivity index (χ1) is 8.54. The molecule has 0 fully saturated rings. The Morgan fingerprint density at radius 2 is 2.22 bits per heavy atom. The fourth-order valence-electron chi connectivity index (χ4n) is 1.78. The summed E-state index contributed by atoms with van der Waals surface area (Å²) in [6.07, 6.45) is 0.695. The fraction of sp³-hybridized carbons (Fsp3) is 0.250. The third-order valence-electron chi connectivity index (χ3n) is 2.56. The van der Waals surface area contributed by atoms with Gasteiger partial charge in [-0.1, -0.05) is 6.92 Å². The monoisotopic (exact) mass is 250 g/mol. The van der Waals surface area contributed by atoms with E-state index in [4.69, 9.17) is 5.11 Å². The number of hydrogen-bond donors (Lipinski definition) is 1. The van der Waals surface area contributed by atoms with Gasteiger partial charge in [0.2, 0.25) is 11.1 Å². The molecule has 2 aromatic rings. The molecule has 1 heterocycles. The molecule has 0 amide bonds. The lowest BCUT2D eigenvalue weighted by Gasteiger charge is -2.09. The minimum absolute atomic E-state index is 0.164. The van der Waals surface area contributed by atoms with Gasteiger partial charge in [0.25, 0.3) is 0 Å². The zero-order valence-corrected chi connectivity index (χ0v) is 9.68. The highest BCUT2D eigenvalue weighted by Crippen LogP contribution is 2.12. The number of halogens is 1. The van der Waals surface area contributed by atoms with Crippen molar-refractivity contribution in [2.75, 3.05) is 0 Å². The van der Waals surface area contributed by atoms with Gasteiger partial charge in [0.15, 0.2) is 0 Å². The van der Waals surface area contributed by atoms with Crippen molar-refractivity contribution < 1.29 is 14.3 Å². The molecular formula is C12H11FN2O3. The van der Waals surface area contributed by atoms with Gasteiger partial charge in [0.05, 0.1) is 10.9 Å². The summed E-state index contributed by atoms with van der Waals surface area (Å²) >= 11 is 0. The highest BCUT2D eigenvalue weighted by molar-refractivity contribution is 5.90. The summed E-state index contributed by atoms with van der Waals surface area (Å²) < 4.78 is 14.5. The molecule has 1 N–H and O–H groups in total. The van der Waals surface area contributed by atoms with Crippen molar-refractivity contribution in [1.29, 1.82) is 0 Å². The molecule has 1 aromatic heterocycles. The van der Waals surface area contributed by atoms with Gasteiger partial charge in [0.1, 0.15) is 5.82 Å². The van der Waals surface area contributed by atoms with Gasteiger partial charge in [-0.25, -0.2) is 9.18 Å². The number of rotatable bonds is 3. The summed E-state index contributed by atoms with van der Waals surface area (Å²) in [6.45, 7) is 2.30. The normalized spacial score (nSPS) is 10.8.